The fourth-order valence-corrected chi connectivity index (χ4v) is 2.60. The van der Waals surface area contributed by atoms with E-state index < -0.39 is 8.07 Å². The zero-order valence-electron chi connectivity index (χ0n) is 9.88. The molecular weight excluding hydrogens is 319 g/mol. The Bertz CT molecular complexity index is 320. The summed E-state index contributed by atoms with van der Waals surface area (Å²) in [6.45, 7) is 10.6. The molecule has 1 heterocycles. The van der Waals surface area contributed by atoms with E-state index in [1.807, 2.05) is 4.68 Å². The highest BCUT2D eigenvalue weighted by Gasteiger charge is 2.12. The van der Waals surface area contributed by atoms with Crippen molar-refractivity contribution >= 4 is 30.7 Å². The van der Waals surface area contributed by atoms with Crippen LogP contribution >= 0.6 is 22.6 Å². The van der Waals surface area contributed by atoms with Crippen LogP contribution < -0.4 is 0 Å². The van der Waals surface area contributed by atoms with Gasteiger partial charge in [-0.3, -0.25) is 0 Å². The quantitative estimate of drug-likeness (QED) is 0.469. The second-order valence-corrected chi connectivity index (χ2v) is 11.7. The molecule has 86 valence electrons. The molecule has 1 rings (SSSR count). The number of ether oxygens (including phenoxy) is 1. The van der Waals surface area contributed by atoms with Gasteiger partial charge < -0.3 is 4.74 Å². The van der Waals surface area contributed by atoms with Crippen molar-refractivity contribution in [1.82, 2.24) is 9.78 Å². The molecule has 0 bridgehead atoms. The van der Waals surface area contributed by atoms with Crippen LogP contribution in [0.4, 0.5) is 0 Å². The summed E-state index contributed by atoms with van der Waals surface area (Å²) in [5.41, 5.74) is 1.16. The lowest BCUT2D eigenvalue weighted by Crippen LogP contribution is -2.22. The van der Waals surface area contributed by atoms with Gasteiger partial charge in [0.25, 0.3) is 0 Å². The van der Waals surface area contributed by atoms with Crippen molar-refractivity contribution < 1.29 is 4.74 Å². The highest BCUT2D eigenvalue weighted by Crippen LogP contribution is 2.09. The molecule has 5 heteroatoms. The van der Waals surface area contributed by atoms with Crippen LogP contribution in [0.3, 0.4) is 0 Å². The van der Waals surface area contributed by atoms with Crippen molar-refractivity contribution in [3.8, 4) is 0 Å². The number of aryl methyl sites for hydroxylation is 1. The molecule has 0 aliphatic rings. The molecule has 3 nitrogen and oxygen atoms in total. The summed E-state index contributed by atoms with van der Waals surface area (Å²) in [5, 5.41) is 4.33. The highest BCUT2D eigenvalue weighted by atomic mass is 127. The van der Waals surface area contributed by atoms with Gasteiger partial charge in [-0.1, -0.05) is 19.6 Å². The van der Waals surface area contributed by atoms with Gasteiger partial charge in [-0.15, -0.1) is 0 Å². The molecule has 0 saturated carbocycles. The van der Waals surface area contributed by atoms with Crippen LogP contribution in [0, 0.1) is 10.6 Å². The first-order valence-electron chi connectivity index (χ1n) is 5.16. The largest absolute Gasteiger partial charge is 0.360 e. The van der Waals surface area contributed by atoms with Gasteiger partial charge in [0, 0.05) is 20.4 Å². The third-order valence-corrected chi connectivity index (χ3v) is 4.39. The van der Waals surface area contributed by atoms with E-state index in [0.29, 0.717) is 6.73 Å². The van der Waals surface area contributed by atoms with Crippen LogP contribution in [0.1, 0.15) is 5.69 Å². The summed E-state index contributed by atoms with van der Waals surface area (Å²) in [6, 6.07) is 3.27. The number of rotatable bonds is 5. The Morgan fingerprint density at radius 3 is 2.60 bits per heavy atom. The summed E-state index contributed by atoms with van der Waals surface area (Å²) < 4.78 is 8.56. The molecule has 15 heavy (non-hydrogen) atoms. The average Bonchev–Trinajstić information content (AvgIpc) is 2.37. The van der Waals surface area contributed by atoms with E-state index in [2.05, 4.69) is 60.3 Å². The van der Waals surface area contributed by atoms with Gasteiger partial charge in [-0.05, 0) is 41.6 Å². The van der Waals surface area contributed by atoms with Crippen molar-refractivity contribution in [3.05, 3.63) is 15.5 Å². The van der Waals surface area contributed by atoms with Gasteiger partial charge in [0.15, 0.2) is 0 Å². The van der Waals surface area contributed by atoms with Crippen LogP contribution in [0.15, 0.2) is 6.07 Å². The fourth-order valence-electron chi connectivity index (χ4n) is 1.13. The zero-order valence-corrected chi connectivity index (χ0v) is 13.0. The number of hydrogen-bond acceptors (Lipinski definition) is 2. The normalized spacial score (nSPS) is 12.1. The van der Waals surface area contributed by atoms with Gasteiger partial charge in [-0.25, -0.2) is 4.68 Å². The van der Waals surface area contributed by atoms with E-state index in [1.165, 1.54) is 6.04 Å². The topological polar surface area (TPSA) is 27.1 Å². The molecule has 0 radical (unpaired) electrons. The summed E-state index contributed by atoms with van der Waals surface area (Å²) in [4.78, 5) is 0. The molecule has 0 spiro atoms. The molecular formula is C10H19IN2OSi. The number of nitrogens with zero attached hydrogens (tertiary/aromatic N) is 2. The summed E-state index contributed by atoms with van der Waals surface area (Å²) >= 11 is 2.22. The third-order valence-electron chi connectivity index (χ3n) is 2.16. The Kier molecular flexibility index (Phi) is 4.79. The van der Waals surface area contributed by atoms with E-state index in [4.69, 9.17) is 4.74 Å². The minimum Gasteiger partial charge on any atom is -0.360 e. The van der Waals surface area contributed by atoms with Crippen molar-refractivity contribution in [3.63, 3.8) is 0 Å². The maximum atomic E-state index is 5.62. The molecule has 0 aliphatic heterocycles. The third kappa shape index (κ3) is 5.12. The second-order valence-electron chi connectivity index (χ2n) is 4.96. The van der Waals surface area contributed by atoms with Crippen LogP contribution in [0.5, 0.6) is 0 Å². The van der Waals surface area contributed by atoms with Crippen LogP contribution in [-0.2, 0) is 11.5 Å². The molecule has 0 unspecified atom stereocenters. The molecule has 1 aromatic rings. The monoisotopic (exact) mass is 338 g/mol. The summed E-state index contributed by atoms with van der Waals surface area (Å²) in [7, 11) is -0.960. The van der Waals surface area contributed by atoms with Gasteiger partial charge in [0.05, 0.1) is 0 Å². The number of hydrogen-bond donors (Lipinski definition) is 0. The van der Waals surface area contributed by atoms with Gasteiger partial charge >= 0.3 is 0 Å². The lowest BCUT2D eigenvalue weighted by Gasteiger charge is -2.15. The molecule has 0 aromatic carbocycles. The molecule has 0 aliphatic carbocycles. The highest BCUT2D eigenvalue weighted by molar-refractivity contribution is 14.1. The predicted molar refractivity (Wildman–Crippen MR) is 73.8 cm³/mol. The van der Waals surface area contributed by atoms with E-state index in [0.717, 1.165) is 16.0 Å². The molecule has 0 N–H and O–H groups in total. The SMILES string of the molecule is Cc1cc(I)nn1COCC[Si](C)(C)C. The molecule has 0 atom stereocenters. The van der Waals surface area contributed by atoms with E-state index in [-0.39, 0.29) is 0 Å². The lowest BCUT2D eigenvalue weighted by atomic mass is 10.5. The predicted octanol–water partition coefficient (Wildman–Crippen LogP) is 3.11. The Morgan fingerprint density at radius 2 is 2.13 bits per heavy atom. The smallest absolute Gasteiger partial charge is 0.139 e. The van der Waals surface area contributed by atoms with Crippen LogP contribution in [0.25, 0.3) is 0 Å². The Morgan fingerprint density at radius 1 is 1.47 bits per heavy atom. The maximum absolute atomic E-state index is 5.62. The van der Waals surface area contributed by atoms with Crippen molar-refractivity contribution in [2.75, 3.05) is 6.61 Å². The van der Waals surface area contributed by atoms with E-state index >= 15 is 0 Å². The first kappa shape index (κ1) is 13.2. The standard InChI is InChI=1S/C10H19IN2OSi/c1-9-7-10(11)12-13(9)8-14-5-6-15(2,3)4/h7H,5-6,8H2,1-4H3. The summed E-state index contributed by atoms with van der Waals surface area (Å²) in [6.07, 6.45) is 0. The van der Waals surface area contributed by atoms with Crippen molar-refractivity contribution in [2.24, 2.45) is 0 Å². The minimum atomic E-state index is -0.960. The Hall–Kier alpha value is 0.117. The van der Waals surface area contributed by atoms with E-state index in [9.17, 15) is 0 Å². The van der Waals surface area contributed by atoms with Crippen LogP contribution in [0.2, 0.25) is 25.7 Å². The molecule has 0 fully saturated rings. The lowest BCUT2D eigenvalue weighted by molar-refractivity contribution is 0.0769. The summed E-state index contributed by atoms with van der Waals surface area (Å²) in [5.74, 6) is 0. The maximum Gasteiger partial charge on any atom is 0.139 e. The van der Waals surface area contributed by atoms with Gasteiger partial charge in [-0.2, -0.15) is 5.10 Å². The minimum absolute atomic E-state index is 0.583. The Labute approximate surface area is 106 Å². The molecule has 0 amide bonds. The van der Waals surface area contributed by atoms with Gasteiger partial charge in [0.2, 0.25) is 0 Å². The van der Waals surface area contributed by atoms with Crippen molar-refractivity contribution in [2.45, 2.75) is 39.3 Å². The van der Waals surface area contributed by atoms with Crippen LogP contribution in [-0.4, -0.2) is 24.5 Å². The number of aromatic nitrogens is 2. The molecule has 1 aromatic heterocycles. The van der Waals surface area contributed by atoms with Crippen molar-refractivity contribution in [1.29, 1.82) is 0 Å². The average molecular weight is 338 g/mol. The first-order chi connectivity index (χ1) is 6.88. The van der Waals surface area contributed by atoms with E-state index in [1.54, 1.807) is 0 Å². The number of halogens is 1. The Balaban J connectivity index is 2.29. The second kappa shape index (κ2) is 5.45. The first-order valence-corrected chi connectivity index (χ1v) is 9.95. The van der Waals surface area contributed by atoms with Gasteiger partial charge in [0.1, 0.15) is 10.4 Å². The zero-order chi connectivity index (χ0) is 11.5. The fraction of sp³-hybridized carbons (Fsp3) is 0.700. The molecule has 0 saturated heterocycles.